The van der Waals surface area contributed by atoms with Gasteiger partial charge in [-0.1, -0.05) is 21.1 Å². The summed E-state index contributed by atoms with van der Waals surface area (Å²) in [4.78, 5) is 14.3. The fourth-order valence-electron chi connectivity index (χ4n) is 0.953. The molecule has 1 N–H and O–H groups in total. The van der Waals surface area contributed by atoms with Gasteiger partial charge in [0.15, 0.2) is 0 Å². The molecule has 0 bridgehead atoms. The average Bonchev–Trinajstić information content (AvgIpc) is 2.18. The summed E-state index contributed by atoms with van der Waals surface area (Å²) in [6.07, 6.45) is 1.19. The van der Waals surface area contributed by atoms with Crippen molar-refractivity contribution in [2.75, 3.05) is 7.11 Å². The maximum absolute atomic E-state index is 10.5. The first kappa shape index (κ1) is 11.4. The number of nitro benzene ring substituents is 1. The lowest BCUT2D eigenvalue weighted by atomic mass is 10.2. The molecule has 0 aliphatic heterocycles. The van der Waals surface area contributed by atoms with Gasteiger partial charge in [-0.2, -0.15) is 0 Å². The van der Waals surface area contributed by atoms with Gasteiger partial charge in [0, 0.05) is 16.1 Å². The van der Waals surface area contributed by atoms with Gasteiger partial charge < -0.3 is 9.94 Å². The molecule has 1 aromatic rings. The summed E-state index contributed by atoms with van der Waals surface area (Å²) >= 11 is 3.09. The molecule has 1 aromatic carbocycles. The van der Waals surface area contributed by atoms with Crippen LogP contribution in [0.2, 0.25) is 0 Å². The maximum Gasteiger partial charge on any atom is 0.312 e. The third-order valence-electron chi connectivity index (χ3n) is 1.58. The van der Waals surface area contributed by atoms with Crippen LogP contribution in [0.1, 0.15) is 5.56 Å². The molecule has 0 radical (unpaired) electrons. The van der Waals surface area contributed by atoms with Crippen LogP contribution in [-0.4, -0.2) is 23.4 Å². The molecule has 0 amide bonds. The van der Waals surface area contributed by atoms with Gasteiger partial charge in [0.05, 0.1) is 11.1 Å². The summed E-state index contributed by atoms with van der Waals surface area (Å²) in [6, 6.07) is 2.70. The van der Waals surface area contributed by atoms with E-state index < -0.39 is 10.7 Å². The molecule has 0 unspecified atom stereocenters. The van der Waals surface area contributed by atoms with Gasteiger partial charge in [-0.25, -0.2) is 0 Å². The number of hydrogen-bond donors (Lipinski definition) is 1. The Kier molecular flexibility index (Phi) is 3.62. The van der Waals surface area contributed by atoms with Crippen molar-refractivity contribution in [1.29, 1.82) is 0 Å². The van der Waals surface area contributed by atoms with E-state index in [1.54, 1.807) is 0 Å². The molecule has 0 atom stereocenters. The summed E-state index contributed by atoms with van der Waals surface area (Å²) in [7, 11) is 1.33. The van der Waals surface area contributed by atoms with Crippen LogP contribution in [-0.2, 0) is 4.84 Å². The van der Waals surface area contributed by atoms with E-state index in [9.17, 15) is 15.2 Å². The fourth-order valence-corrected chi connectivity index (χ4v) is 1.42. The van der Waals surface area contributed by atoms with E-state index >= 15 is 0 Å². The van der Waals surface area contributed by atoms with E-state index in [2.05, 4.69) is 25.9 Å². The minimum absolute atomic E-state index is 0.206. The van der Waals surface area contributed by atoms with E-state index in [0.29, 0.717) is 4.47 Å². The molecule has 80 valence electrons. The zero-order chi connectivity index (χ0) is 11.4. The molecule has 15 heavy (non-hydrogen) atoms. The first-order chi connectivity index (χ1) is 7.06. The predicted octanol–water partition coefficient (Wildman–Crippen LogP) is 2.04. The van der Waals surface area contributed by atoms with E-state index in [0.717, 1.165) is 0 Å². The third kappa shape index (κ3) is 2.66. The number of nitro groups is 1. The summed E-state index contributed by atoms with van der Waals surface area (Å²) in [5, 5.41) is 23.5. The number of phenols is 1. The van der Waals surface area contributed by atoms with Gasteiger partial charge in [0.25, 0.3) is 0 Å². The second kappa shape index (κ2) is 4.74. The van der Waals surface area contributed by atoms with Crippen LogP contribution >= 0.6 is 15.9 Å². The zero-order valence-electron chi connectivity index (χ0n) is 7.68. The highest BCUT2D eigenvalue weighted by Gasteiger charge is 2.17. The molecule has 0 saturated carbocycles. The normalized spacial score (nSPS) is 10.5. The number of rotatable bonds is 3. The molecular weight excluding hydrogens is 268 g/mol. The van der Waals surface area contributed by atoms with Crippen molar-refractivity contribution < 1.29 is 14.9 Å². The number of aromatic hydroxyl groups is 1. The quantitative estimate of drug-likeness (QED) is 0.519. The predicted molar refractivity (Wildman–Crippen MR) is 57.1 cm³/mol. The molecule has 0 spiro atoms. The largest absolute Gasteiger partial charge is 0.502 e. The van der Waals surface area contributed by atoms with Gasteiger partial charge >= 0.3 is 5.69 Å². The maximum atomic E-state index is 10.5. The van der Waals surface area contributed by atoms with Crippen LogP contribution < -0.4 is 0 Å². The Morgan fingerprint density at radius 2 is 2.33 bits per heavy atom. The van der Waals surface area contributed by atoms with Gasteiger partial charge in [-0.3, -0.25) is 10.1 Å². The van der Waals surface area contributed by atoms with E-state index in [-0.39, 0.29) is 11.3 Å². The highest BCUT2D eigenvalue weighted by Crippen LogP contribution is 2.32. The Hall–Kier alpha value is -1.63. The number of hydrogen-bond acceptors (Lipinski definition) is 5. The molecule has 1 rings (SSSR count). The van der Waals surface area contributed by atoms with Crippen molar-refractivity contribution >= 4 is 27.8 Å². The van der Waals surface area contributed by atoms with Crippen molar-refractivity contribution in [2.24, 2.45) is 5.16 Å². The van der Waals surface area contributed by atoms with Crippen LogP contribution in [0.3, 0.4) is 0 Å². The number of nitrogens with zero attached hydrogens (tertiary/aromatic N) is 2. The molecular formula is C8H7BrN2O4. The van der Waals surface area contributed by atoms with Gasteiger partial charge in [-0.15, -0.1) is 0 Å². The second-order valence-corrected chi connectivity index (χ2v) is 3.45. The molecule has 0 aliphatic rings. The Morgan fingerprint density at radius 1 is 1.67 bits per heavy atom. The monoisotopic (exact) mass is 274 g/mol. The van der Waals surface area contributed by atoms with Crippen LogP contribution in [0.25, 0.3) is 0 Å². The van der Waals surface area contributed by atoms with Crippen LogP contribution in [0, 0.1) is 10.1 Å². The second-order valence-electron chi connectivity index (χ2n) is 2.54. The molecule has 7 heteroatoms. The summed E-state index contributed by atoms with van der Waals surface area (Å²) in [5.74, 6) is -0.441. The van der Waals surface area contributed by atoms with E-state index in [1.165, 1.54) is 25.5 Å². The lowest BCUT2D eigenvalue weighted by molar-refractivity contribution is -0.385. The number of halogens is 1. The van der Waals surface area contributed by atoms with Gasteiger partial charge in [0.1, 0.15) is 7.11 Å². The molecule has 0 heterocycles. The number of benzene rings is 1. The molecule has 0 aliphatic carbocycles. The highest BCUT2D eigenvalue weighted by molar-refractivity contribution is 9.10. The highest BCUT2D eigenvalue weighted by atomic mass is 79.9. The smallest absolute Gasteiger partial charge is 0.312 e. The van der Waals surface area contributed by atoms with Crippen LogP contribution in [0.15, 0.2) is 21.8 Å². The Labute approximate surface area is 93.4 Å². The Bertz CT molecular complexity index is 419. The summed E-state index contributed by atoms with van der Waals surface area (Å²) < 4.78 is 0.476. The SMILES string of the molecule is CO/N=C/c1cc(Br)cc([N+](=O)[O-])c1O. The topological polar surface area (TPSA) is 85.0 Å². The minimum Gasteiger partial charge on any atom is -0.502 e. The minimum atomic E-state index is -0.676. The van der Waals surface area contributed by atoms with Crippen molar-refractivity contribution in [2.45, 2.75) is 0 Å². The van der Waals surface area contributed by atoms with Crippen LogP contribution in [0.4, 0.5) is 5.69 Å². The van der Waals surface area contributed by atoms with E-state index in [4.69, 9.17) is 0 Å². The van der Waals surface area contributed by atoms with Crippen molar-refractivity contribution in [3.05, 3.63) is 32.3 Å². The summed E-state index contributed by atoms with van der Waals surface area (Å²) in [6.45, 7) is 0. The lowest BCUT2D eigenvalue weighted by Gasteiger charge is -2.00. The third-order valence-corrected chi connectivity index (χ3v) is 2.04. The lowest BCUT2D eigenvalue weighted by Crippen LogP contribution is -1.92. The molecule has 6 nitrogen and oxygen atoms in total. The fraction of sp³-hybridized carbons (Fsp3) is 0.125. The average molecular weight is 275 g/mol. The Balaban J connectivity index is 3.28. The first-order valence-electron chi connectivity index (χ1n) is 3.79. The van der Waals surface area contributed by atoms with Crippen molar-refractivity contribution in [3.8, 4) is 5.75 Å². The van der Waals surface area contributed by atoms with Gasteiger partial charge in [0.2, 0.25) is 5.75 Å². The summed E-state index contributed by atoms with van der Waals surface area (Å²) in [5.41, 5.74) is -0.181. The van der Waals surface area contributed by atoms with Crippen LogP contribution in [0.5, 0.6) is 5.75 Å². The Morgan fingerprint density at radius 3 is 2.87 bits per heavy atom. The number of oxime groups is 1. The molecule has 0 fully saturated rings. The first-order valence-corrected chi connectivity index (χ1v) is 4.59. The molecule has 0 aromatic heterocycles. The van der Waals surface area contributed by atoms with Gasteiger partial charge in [-0.05, 0) is 6.07 Å². The van der Waals surface area contributed by atoms with Crippen molar-refractivity contribution in [1.82, 2.24) is 0 Å². The van der Waals surface area contributed by atoms with Crippen molar-refractivity contribution in [3.63, 3.8) is 0 Å². The standard InChI is InChI=1S/C8H7BrN2O4/c1-15-10-4-5-2-6(9)3-7(8(5)12)11(13)14/h2-4,12H,1H3/b10-4+. The van der Waals surface area contributed by atoms with E-state index in [1.807, 2.05) is 0 Å². The number of phenolic OH excluding ortho intramolecular Hbond substituents is 1. The molecule has 0 saturated heterocycles. The zero-order valence-corrected chi connectivity index (χ0v) is 9.26.